The summed E-state index contributed by atoms with van der Waals surface area (Å²) in [6.07, 6.45) is 13.3. The molecule has 224 valence electrons. The number of fused-ring (bicyclic) bond motifs is 5. The molecule has 0 aliphatic carbocycles. The SMILES string of the molecule is C#Cc1c(F)ccc2cc(O)cc(-c3ncc4c(C5=C[C@@H]6CC[C@H](C5)N6)nc(OC[C@@]56CCCN5C[C@H](F)C6)nc4c3F)c12. The van der Waals surface area contributed by atoms with Gasteiger partial charge in [0.1, 0.15) is 35.6 Å². The van der Waals surface area contributed by atoms with Gasteiger partial charge in [-0.2, -0.15) is 9.97 Å². The average molecular weight is 598 g/mol. The summed E-state index contributed by atoms with van der Waals surface area (Å²) in [6, 6.07) is 5.98. The summed E-state index contributed by atoms with van der Waals surface area (Å²) in [5, 5.41) is 15.2. The Morgan fingerprint density at radius 3 is 2.91 bits per heavy atom. The summed E-state index contributed by atoms with van der Waals surface area (Å²) >= 11 is 0. The highest BCUT2D eigenvalue weighted by atomic mass is 19.1. The van der Waals surface area contributed by atoms with Crippen molar-refractivity contribution in [3.63, 3.8) is 0 Å². The molecule has 3 saturated heterocycles. The number of benzene rings is 2. The molecule has 0 amide bonds. The van der Waals surface area contributed by atoms with E-state index in [0.29, 0.717) is 41.9 Å². The molecular formula is C34H30F3N5O2. The number of rotatable bonds is 5. The van der Waals surface area contributed by atoms with Gasteiger partial charge in [0.2, 0.25) is 0 Å². The Kier molecular flexibility index (Phi) is 6.33. The van der Waals surface area contributed by atoms with Crippen LogP contribution in [0.2, 0.25) is 0 Å². The molecule has 4 aliphatic heterocycles. The van der Waals surface area contributed by atoms with Gasteiger partial charge in [-0.15, -0.1) is 6.42 Å². The second kappa shape index (κ2) is 10.2. The molecule has 2 N–H and O–H groups in total. The van der Waals surface area contributed by atoms with Crippen molar-refractivity contribution >= 4 is 27.2 Å². The minimum Gasteiger partial charge on any atom is -0.508 e. The molecule has 10 heteroatoms. The van der Waals surface area contributed by atoms with Gasteiger partial charge in [-0.1, -0.05) is 18.1 Å². The fourth-order valence-corrected chi connectivity index (χ4v) is 7.83. The van der Waals surface area contributed by atoms with Crippen molar-refractivity contribution in [3.8, 4) is 35.4 Å². The maximum Gasteiger partial charge on any atom is 0.317 e. The molecule has 4 aliphatic rings. The summed E-state index contributed by atoms with van der Waals surface area (Å²) < 4.78 is 52.2. The number of alkyl halides is 1. The third-order valence-electron chi connectivity index (χ3n) is 9.79. The molecule has 2 aromatic heterocycles. The van der Waals surface area contributed by atoms with Crippen LogP contribution in [0.4, 0.5) is 13.2 Å². The standard InChI is InChI=1S/C34H30F3N5O2/c1-2-24-27(36)7-4-18-12-23(43)13-25(28(18)24)31-29(37)32-26(15-38-31)30(19-10-21-5-6-22(11-19)39-21)40-33(41-32)44-17-34-8-3-9-42(34)16-20(35)14-34/h1,4,7,10,12-13,15,20-22,39,43H,3,5-6,8-9,11,14,16-17H2/t20-,21+,22-,34+/m1/s1. The zero-order valence-corrected chi connectivity index (χ0v) is 23.9. The van der Waals surface area contributed by atoms with E-state index in [1.54, 1.807) is 0 Å². The van der Waals surface area contributed by atoms with E-state index in [9.17, 15) is 13.9 Å². The number of phenolic OH excluding ortho intramolecular Hbond substituents is 1. The first-order chi connectivity index (χ1) is 21.3. The molecule has 44 heavy (non-hydrogen) atoms. The number of phenols is 1. The molecule has 6 heterocycles. The van der Waals surface area contributed by atoms with Crippen LogP contribution in [-0.4, -0.2) is 68.4 Å². The van der Waals surface area contributed by atoms with E-state index < -0.39 is 23.3 Å². The van der Waals surface area contributed by atoms with Crippen LogP contribution in [-0.2, 0) is 0 Å². The smallest absolute Gasteiger partial charge is 0.317 e. The van der Waals surface area contributed by atoms with Gasteiger partial charge in [0.25, 0.3) is 0 Å². The molecule has 3 fully saturated rings. The highest BCUT2D eigenvalue weighted by molar-refractivity contribution is 6.03. The lowest BCUT2D eigenvalue weighted by atomic mass is 9.94. The van der Waals surface area contributed by atoms with Crippen LogP contribution in [0.25, 0.3) is 38.5 Å². The first kappa shape index (κ1) is 27.4. The topological polar surface area (TPSA) is 83.4 Å². The third kappa shape index (κ3) is 4.32. The lowest BCUT2D eigenvalue weighted by Gasteiger charge is -2.31. The molecule has 0 unspecified atom stereocenters. The Balaban J connectivity index is 1.29. The number of halogens is 3. The summed E-state index contributed by atoms with van der Waals surface area (Å²) in [5.41, 5.74) is 1.04. The van der Waals surface area contributed by atoms with E-state index in [-0.39, 0.29) is 52.1 Å². The summed E-state index contributed by atoms with van der Waals surface area (Å²) in [4.78, 5) is 16.0. The summed E-state index contributed by atoms with van der Waals surface area (Å²) in [6.45, 7) is 1.40. The molecule has 2 aromatic carbocycles. The van der Waals surface area contributed by atoms with Crippen molar-refractivity contribution in [3.05, 3.63) is 59.4 Å². The monoisotopic (exact) mass is 597 g/mol. The zero-order valence-electron chi connectivity index (χ0n) is 23.9. The zero-order chi connectivity index (χ0) is 30.2. The van der Waals surface area contributed by atoms with Crippen LogP contribution in [0.5, 0.6) is 11.8 Å². The second-order valence-electron chi connectivity index (χ2n) is 12.5. The number of hydrogen-bond acceptors (Lipinski definition) is 7. The number of nitrogens with one attached hydrogen (secondary N) is 1. The molecule has 4 atom stereocenters. The number of nitrogens with zero attached hydrogens (tertiary/aromatic N) is 4. The van der Waals surface area contributed by atoms with Gasteiger partial charge < -0.3 is 15.2 Å². The lowest BCUT2D eigenvalue weighted by molar-refractivity contribution is 0.107. The molecule has 7 nitrogen and oxygen atoms in total. The fourth-order valence-electron chi connectivity index (χ4n) is 7.83. The summed E-state index contributed by atoms with van der Waals surface area (Å²) in [7, 11) is 0. The average Bonchev–Trinajstić information content (AvgIpc) is 3.66. The maximum atomic E-state index is 16.7. The predicted octanol–water partition coefficient (Wildman–Crippen LogP) is 5.67. The van der Waals surface area contributed by atoms with E-state index in [2.05, 4.69) is 32.2 Å². The van der Waals surface area contributed by atoms with Gasteiger partial charge in [-0.3, -0.25) is 9.88 Å². The fraction of sp³-hybridized carbons (Fsp3) is 0.382. The molecule has 4 aromatic rings. The third-order valence-corrected chi connectivity index (χ3v) is 9.79. The molecule has 2 bridgehead atoms. The normalized spacial score (nSPS) is 26.2. The van der Waals surface area contributed by atoms with Gasteiger partial charge >= 0.3 is 6.01 Å². The van der Waals surface area contributed by atoms with Crippen molar-refractivity contribution in [1.82, 2.24) is 25.2 Å². The van der Waals surface area contributed by atoms with E-state index in [4.69, 9.17) is 16.1 Å². The largest absolute Gasteiger partial charge is 0.508 e. The molecule has 8 rings (SSSR count). The highest BCUT2D eigenvalue weighted by Crippen LogP contribution is 2.42. The second-order valence-corrected chi connectivity index (χ2v) is 12.5. The number of aromatic nitrogens is 3. The molecule has 0 spiro atoms. The Labute approximate surface area is 252 Å². The Bertz CT molecular complexity index is 1920. The van der Waals surface area contributed by atoms with E-state index >= 15 is 4.39 Å². The number of terminal acetylenes is 1. The molecule has 0 radical (unpaired) electrons. The van der Waals surface area contributed by atoms with Gasteiger partial charge in [-0.05, 0) is 67.8 Å². The van der Waals surface area contributed by atoms with Crippen molar-refractivity contribution in [2.45, 2.75) is 62.3 Å². The van der Waals surface area contributed by atoms with Crippen molar-refractivity contribution in [2.24, 2.45) is 0 Å². The maximum absolute atomic E-state index is 16.7. The first-order valence-corrected chi connectivity index (χ1v) is 15.1. The molecular weight excluding hydrogens is 567 g/mol. The van der Waals surface area contributed by atoms with E-state index in [0.717, 1.165) is 37.8 Å². The predicted molar refractivity (Wildman–Crippen MR) is 161 cm³/mol. The minimum atomic E-state index is -0.914. The van der Waals surface area contributed by atoms with Crippen LogP contribution in [0, 0.1) is 24.0 Å². The van der Waals surface area contributed by atoms with Gasteiger partial charge in [0.05, 0.1) is 16.8 Å². The van der Waals surface area contributed by atoms with Crippen LogP contribution < -0.4 is 10.1 Å². The lowest BCUT2D eigenvalue weighted by Crippen LogP contribution is -2.43. The van der Waals surface area contributed by atoms with E-state index in [1.165, 1.54) is 30.5 Å². The number of aromatic hydroxyl groups is 1. The highest BCUT2D eigenvalue weighted by Gasteiger charge is 2.49. The Morgan fingerprint density at radius 1 is 1.18 bits per heavy atom. The van der Waals surface area contributed by atoms with Gasteiger partial charge in [0.15, 0.2) is 5.82 Å². The number of ether oxygens (including phenoxy) is 1. The van der Waals surface area contributed by atoms with Crippen LogP contribution in [0.3, 0.4) is 0 Å². The minimum absolute atomic E-state index is 0.00694. The van der Waals surface area contributed by atoms with Crippen molar-refractivity contribution < 1.29 is 23.0 Å². The van der Waals surface area contributed by atoms with Gasteiger partial charge in [-0.25, -0.2) is 13.2 Å². The summed E-state index contributed by atoms with van der Waals surface area (Å²) in [5.74, 6) is 0.822. The Morgan fingerprint density at radius 2 is 2.07 bits per heavy atom. The molecule has 0 saturated carbocycles. The van der Waals surface area contributed by atoms with Gasteiger partial charge in [0, 0.05) is 47.6 Å². The number of hydrogen-bond donors (Lipinski definition) is 2. The van der Waals surface area contributed by atoms with Crippen LogP contribution >= 0.6 is 0 Å². The Hall–Kier alpha value is -4.20. The van der Waals surface area contributed by atoms with Crippen LogP contribution in [0.15, 0.2) is 36.5 Å². The van der Waals surface area contributed by atoms with Crippen molar-refractivity contribution in [1.29, 1.82) is 0 Å². The van der Waals surface area contributed by atoms with E-state index in [1.807, 2.05) is 0 Å². The first-order valence-electron chi connectivity index (χ1n) is 15.1. The van der Waals surface area contributed by atoms with Crippen molar-refractivity contribution in [2.75, 3.05) is 19.7 Å². The quantitative estimate of drug-likeness (QED) is 0.287. The van der Waals surface area contributed by atoms with Crippen LogP contribution in [0.1, 0.15) is 49.8 Å². The number of pyridine rings is 1.